The number of benzene rings is 2. The van der Waals surface area contributed by atoms with E-state index >= 15 is 0 Å². The topological polar surface area (TPSA) is 133 Å². The number of amides is 2. The molecule has 1 atom stereocenters. The van der Waals surface area contributed by atoms with Gasteiger partial charge in [-0.3, -0.25) is 24.1 Å². The van der Waals surface area contributed by atoms with E-state index in [0.717, 1.165) is 11.8 Å². The molecule has 0 spiro atoms. The Hall–Kier alpha value is -5.19. The zero-order valence-corrected chi connectivity index (χ0v) is 24.3. The fourth-order valence-electron chi connectivity index (χ4n) is 5.89. The average molecular weight is 598 g/mol. The number of carbonyl (C=O) groups excluding carboxylic acids is 2. The molecule has 0 radical (unpaired) electrons. The molecule has 0 aliphatic carbocycles. The Balaban J connectivity index is 1.54. The minimum Gasteiger partial charge on any atom is -0.408 e. The number of carbonyl (C=O) groups is 2. The summed E-state index contributed by atoms with van der Waals surface area (Å²) in [5.74, 6) is -2.59. The molecule has 0 fully saturated rings. The highest BCUT2D eigenvalue weighted by molar-refractivity contribution is 6.12. The van der Waals surface area contributed by atoms with Crippen molar-refractivity contribution in [1.82, 2.24) is 19.9 Å². The van der Waals surface area contributed by atoms with E-state index in [1.807, 2.05) is 20.8 Å². The number of rotatable bonds is 8. The lowest BCUT2D eigenvalue weighted by molar-refractivity contribution is 0.0935. The summed E-state index contributed by atoms with van der Waals surface area (Å²) in [6, 6.07) is 13.7. The van der Waals surface area contributed by atoms with Crippen LogP contribution in [0.3, 0.4) is 0 Å². The van der Waals surface area contributed by atoms with Gasteiger partial charge in [-0.05, 0) is 66.8 Å². The molecular formula is C33H29F2N5O4. The second-order valence-electron chi connectivity index (χ2n) is 11.7. The number of hydrogen-bond donors (Lipinski definition) is 2. The summed E-state index contributed by atoms with van der Waals surface area (Å²) in [5.41, 5.74) is 8.86. The summed E-state index contributed by atoms with van der Waals surface area (Å²) in [6.07, 6.45) is 1.81. The summed E-state index contributed by atoms with van der Waals surface area (Å²) < 4.78 is 33.9. The number of halogens is 2. The van der Waals surface area contributed by atoms with Crippen molar-refractivity contribution in [3.05, 3.63) is 117 Å². The Morgan fingerprint density at radius 1 is 1.05 bits per heavy atom. The van der Waals surface area contributed by atoms with E-state index in [9.17, 15) is 23.2 Å². The molecule has 224 valence electrons. The molecule has 1 aliphatic heterocycles. The van der Waals surface area contributed by atoms with Crippen molar-refractivity contribution in [2.75, 3.05) is 0 Å². The van der Waals surface area contributed by atoms with E-state index < -0.39 is 28.9 Å². The smallest absolute Gasteiger partial charge is 0.408 e. The molecule has 3 N–H and O–H groups in total. The molecule has 2 amide bonds. The largest absolute Gasteiger partial charge is 0.420 e. The summed E-state index contributed by atoms with van der Waals surface area (Å²) >= 11 is 0. The number of nitrogens with zero attached hydrogens (tertiary/aromatic N) is 3. The Bertz CT molecular complexity index is 2000. The van der Waals surface area contributed by atoms with E-state index in [0.29, 0.717) is 46.6 Å². The standard InChI is InChI=1S/C33H29F2N5O4/c1-17(2)12-23-27(30(36)41)26(28-29(38-23)33(3,39-31(28)42)14-18-4-7-20(34)8-5-18)19-6-11-24-25(13-19)44-32(43)40(24)16-22-10-9-21(35)15-37-22/h4-11,13,15,17H,12,14,16H2,1-3H3,(H2,36,41)(H,39,42). The summed E-state index contributed by atoms with van der Waals surface area (Å²) in [7, 11) is 0. The monoisotopic (exact) mass is 597 g/mol. The predicted molar refractivity (Wildman–Crippen MR) is 159 cm³/mol. The van der Waals surface area contributed by atoms with Crippen LogP contribution in [0.5, 0.6) is 0 Å². The lowest BCUT2D eigenvalue weighted by Crippen LogP contribution is -2.39. The number of aromatic nitrogens is 3. The second kappa shape index (κ2) is 10.8. The molecule has 0 saturated heterocycles. The first-order valence-electron chi connectivity index (χ1n) is 14.1. The van der Waals surface area contributed by atoms with Gasteiger partial charge >= 0.3 is 5.76 Å². The van der Waals surface area contributed by atoms with Gasteiger partial charge in [-0.15, -0.1) is 0 Å². The van der Waals surface area contributed by atoms with Crippen LogP contribution in [-0.4, -0.2) is 26.3 Å². The van der Waals surface area contributed by atoms with Crippen molar-refractivity contribution >= 4 is 22.9 Å². The fourth-order valence-corrected chi connectivity index (χ4v) is 5.89. The average Bonchev–Trinajstić information content (AvgIpc) is 3.40. The molecule has 6 rings (SSSR count). The third-order valence-electron chi connectivity index (χ3n) is 7.80. The summed E-state index contributed by atoms with van der Waals surface area (Å²) in [6.45, 7) is 5.86. The molecule has 1 unspecified atom stereocenters. The van der Waals surface area contributed by atoms with Gasteiger partial charge in [-0.25, -0.2) is 13.6 Å². The van der Waals surface area contributed by atoms with E-state index in [1.54, 1.807) is 30.3 Å². The van der Waals surface area contributed by atoms with Crippen molar-refractivity contribution in [3.63, 3.8) is 0 Å². The lowest BCUT2D eigenvalue weighted by atomic mass is 9.84. The maximum absolute atomic E-state index is 13.7. The number of nitrogens with one attached hydrogen (secondary N) is 1. The number of pyridine rings is 2. The van der Waals surface area contributed by atoms with Crippen molar-refractivity contribution in [1.29, 1.82) is 0 Å². The minimum absolute atomic E-state index is 0.0470. The lowest BCUT2D eigenvalue weighted by Gasteiger charge is -2.26. The van der Waals surface area contributed by atoms with Gasteiger partial charge in [0.1, 0.15) is 11.6 Å². The molecule has 4 heterocycles. The van der Waals surface area contributed by atoms with Crippen LogP contribution in [-0.2, 0) is 24.9 Å². The Kier molecular flexibility index (Phi) is 7.11. The molecule has 0 saturated carbocycles. The third kappa shape index (κ3) is 5.14. The van der Waals surface area contributed by atoms with Gasteiger partial charge in [-0.1, -0.05) is 32.0 Å². The van der Waals surface area contributed by atoms with Crippen molar-refractivity contribution < 1.29 is 22.8 Å². The predicted octanol–water partition coefficient (Wildman–Crippen LogP) is 4.88. The van der Waals surface area contributed by atoms with Crippen LogP contribution < -0.4 is 16.8 Å². The van der Waals surface area contributed by atoms with Crippen LogP contribution in [0, 0.1) is 17.6 Å². The van der Waals surface area contributed by atoms with Crippen molar-refractivity contribution in [3.8, 4) is 11.1 Å². The molecule has 5 aromatic rings. The Morgan fingerprint density at radius 3 is 2.43 bits per heavy atom. The summed E-state index contributed by atoms with van der Waals surface area (Å²) in [5, 5.41) is 3.04. The van der Waals surface area contributed by atoms with Crippen molar-refractivity contribution in [2.24, 2.45) is 11.7 Å². The van der Waals surface area contributed by atoms with E-state index in [2.05, 4.69) is 10.3 Å². The molecule has 11 heteroatoms. The first-order chi connectivity index (χ1) is 20.9. The van der Waals surface area contributed by atoms with Crippen LogP contribution in [0.2, 0.25) is 0 Å². The molecule has 0 bridgehead atoms. The van der Waals surface area contributed by atoms with Crippen LogP contribution in [0.4, 0.5) is 8.78 Å². The molecule has 2 aromatic carbocycles. The molecule has 9 nitrogen and oxygen atoms in total. The number of hydrogen-bond acceptors (Lipinski definition) is 6. The second-order valence-corrected chi connectivity index (χ2v) is 11.7. The maximum atomic E-state index is 13.7. The summed E-state index contributed by atoms with van der Waals surface area (Å²) in [4.78, 5) is 48.5. The van der Waals surface area contributed by atoms with Crippen molar-refractivity contribution in [2.45, 2.75) is 45.7 Å². The normalized spacial score (nSPS) is 16.0. The quantitative estimate of drug-likeness (QED) is 0.262. The molecule has 3 aromatic heterocycles. The zero-order chi connectivity index (χ0) is 31.3. The first-order valence-corrected chi connectivity index (χ1v) is 14.1. The van der Waals surface area contributed by atoms with E-state index in [4.69, 9.17) is 15.1 Å². The third-order valence-corrected chi connectivity index (χ3v) is 7.80. The van der Waals surface area contributed by atoms with Crippen LogP contribution in [0.15, 0.2) is 70.0 Å². The van der Waals surface area contributed by atoms with Gasteiger partial charge in [0.05, 0.1) is 52.0 Å². The number of primary amides is 1. The van der Waals surface area contributed by atoms with E-state index in [1.165, 1.54) is 28.8 Å². The zero-order valence-electron chi connectivity index (χ0n) is 24.3. The number of oxazole rings is 1. The number of fused-ring (bicyclic) bond motifs is 2. The van der Waals surface area contributed by atoms with Crippen LogP contribution in [0.1, 0.15) is 64.1 Å². The molecular weight excluding hydrogens is 568 g/mol. The Morgan fingerprint density at radius 2 is 1.77 bits per heavy atom. The van der Waals surface area contributed by atoms with Gasteiger partial charge in [0, 0.05) is 12.0 Å². The Labute approximate surface area is 250 Å². The minimum atomic E-state index is -0.969. The molecule has 44 heavy (non-hydrogen) atoms. The maximum Gasteiger partial charge on any atom is 0.420 e. The number of nitrogens with two attached hydrogens (primary N) is 1. The molecule has 1 aliphatic rings. The highest BCUT2D eigenvalue weighted by atomic mass is 19.1. The van der Waals surface area contributed by atoms with Gasteiger partial charge < -0.3 is 15.5 Å². The van der Waals surface area contributed by atoms with Crippen LogP contribution >= 0.6 is 0 Å². The van der Waals surface area contributed by atoms with Crippen LogP contribution in [0.25, 0.3) is 22.2 Å². The highest BCUT2D eigenvalue weighted by Crippen LogP contribution is 2.41. The van der Waals surface area contributed by atoms with Gasteiger partial charge in [0.15, 0.2) is 5.58 Å². The van der Waals surface area contributed by atoms with Gasteiger partial charge in [0.25, 0.3) is 11.8 Å². The highest BCUT2D eigenvalue weighted by Gasteiger charge is 2.44. The van der Waals surface area contributed by atoms with Gasteiger partial charge in [0.2, 0.25) is 0 Å². The SMILES string of the molecule is CC(C)Cc1nc2c(c(-c3ccc4c(c3)oc(=O)n4Cc3ccc(F)cn3)c1C(N)=O)C(=O)NC2(C)Cc1ccc(F)cc1. The van der Waals surface area contributed by atoms with Gasteiger partial charge in [-0.2, -0.15) is 0 Å². The fraction of sp³-hybridized carbons (Fsp3) is 0.242. The first kappa shape index (κ1) is 28.9. The van der Waals surface area contributed by atoms with E-state index in [-0.39, 0.29) is 35.0 Å².